The summed E-state index contributed by atoms with van der Waals surface area (Å²) < 4.78 is 6.05. The molecule has 2 amide bonds. The number of ether oxygens (including phenoxy) is 1. The van der Waals surface area contributed by atoms with Crippen LogP contribution in [0.5, 0.6) is 11.5 Å². The summed E-state index contributed by atoms with van der Waals surface area (Å²) in [6.07, 6.45) is 0.509. The van der Waals surface area contributed by atoms with Gasteiger partial charge in [-0.2, -0.15) is 0 Å². The number of benzene rings is 2. The molecule has 0 spiro atoms. The number of amides is 2. The van der Waals surface area contributed by atoms with Crippen LogP contribution in [-0.4, -0.2) is 34.8 Å². The van der Waals surface area contributed by atoms with E-state index in [0.29, 0.717) is 30.1 Å². The van der Waals surface area contributed by atoms with E-state index in [-0.39, 0.29) is 11.1 Å². The monoisotopic (exact) mass is 451 g/mol. The van der Waals surface area contributed by atoms with Crippen LogP contribution >= 0.6 is 11.6 Å². The zero-order chi connectivity index (χ0) is 23.3. The van der Waals surface area contributed by atoms with Gasteiger partial charge in [-0.1, -0.05) is 48.0 Å². The van der Waals surface area contributed by atoms with Crippen molar-refractivity contribution < 1.29 is 14.3 Å². The molecule has 0 aliphatic carbocycles. The number of halogens is 1. The molecule has 2 aromatic carbocycles. The average Bonchev–Trinajstić information content (AvgIpc) is 2.75. The van der Waals surface area contributed by atoms with Crippen LogP contribution in [0.25, 0.3) is 0 Å². The summed E-state index contributed by atoms with van der Waals surface area (Å²) in [5.41, 5.74) is 0.923. The van der Waals surface area contributed by atoms with E-state index in [0.717, 1.165) is 16.2 Å². The van der Waals surface area contributed by atoms with Crippen LogP contribution in [0.2, 0.25) is 5.15 Å². The minimum atomic E-state index is -0.996. The molecule has 0 unspecified atom stereocenters. The van der Waals surface area contributed by atoms with Gasteiger partial charge in [-0.05, 0) is 58.2 Å². The van der Waals surface area contributed by atoms with Crippen molar-refractivity contribution >= 4 is 29.6 Å². The number of nitrogens with zero attached hydrogens (tertiary/aromatic N) is 3. The summed E-state index contributed by atoms with van der Waals surface area (Å²) in [7, 11) is 1.84. The second-order valence-corrected chi connectivity index (χ2v) is 8.40. The maximum Gasteiger partial charge on any atom is 0.253 e. The van der Waals surface area contributed by atoms with Gasteiger partial charge in [-0.3, -0.25) is 19.4 Å². The molecule has 0 fully saturated rings. The highest BCUT2D eigenvalue weighted by Crippen LogP contribution is 2.29. The minimum absolute atomic E-state index is 0.220. The third kappa shape index (κ3) is 5.33. The van der Waals surface area contributed by atoms with Crippen LogP contribution in [0, 0.1) is 6.92 Å². The third-order valence-electron chi connectivity index (χ3n) is 5.34. The number of imide groups is 1. The topological polar surface area (TPSA) is 62.7 Å². The SMILES string of the molecule is Cc1cc(N(C=O)C(=O)C(C)(C)N(C)Cc2ccccc2Oc2ccccc2)cc(Cl)n1. The number of rotatable bonds is 8. The second kappa shape index (κ2) is 9.94. The molecule has 0 aliphatic heterocycles. The average molecular weight is 452 g/mol. The molecule has 3 aromatic rings. The third-order valence-corrected chi connectivity index (χ3v) is 5.53. The Morgan fingerprint density at radius 1 is 1.09 bits per heavy atom. The summed E-state index contributed by atoms with van der Waals surface area (Å²) in [6.45, 7) is 5.75. The largest absolute Gasteiger partial charge is 0.457 e. The number of anilines is 1. The Morgan fingerprint density at radius 3 is 2.41 bits per heavy atom. The van der Waals surface area contributed by atoms with E-state index in [2.05, 4.69) is 4.98 Å². The fraction of sp³-hybridized carbons (Fsp3) is 0.240. The van der Waals surface area contributed by atoms with Gasteiger partial charge in [0.2, 0.25) is 6.41 Å². The van der Waals surface area contributed by atoms with E-state index in [1.807, 2.05) is 66.5 Å². The van der Waals surface area contributed by atoms with Crippen molar-refractivity contribution in [2.75, 3.05) is 11.9 Å². The molecule has 1 aromatic heterocycles. The second-order valence-electron chi connectivity index (χ2n) is 8.01. The van der Waals surface area contributed by atoms with Crippen molar-refractivity contribution in [2.45, 2.75) is 32.9 Å². The van der Waals surface area contributed by atoms with E-state index in [9.17, 15) is 9.59 Å². The van der Waals surface area contributed by atoms with E-state index in [1.54, 1.807) is 26.8 Å². The van der Waals surface area contributed by atoms with Crippen LogP contribution in [0.15, 0.2) is 66.7 Å². The van der Waals surface area contributed by atoms with Gasteiger partial charge in [-0.25, -0.2) is 4.98 Å². The first kappa shape index (κ1) is 23.4. The first-order valence-electron chi connectivity index (χ1n) is 10.2. The summed E-state index contributed by atoms with van der Waals surface area (Å²) >= 11 is 6.03. The van der Waals surface area contributed by atoms with Crippen molar-refractivity contribution in [1.82, 2.24) is 9.88 Å². The maximum absolute atomic E-state index is 13.4. The Hall–Kier alpha value is -3.22. The minimum Gasteiger partial charge on any atom is -0.457 e. The number of likely N-dealkylation sites (N-methyl/N-ethyl adjacent to an activating group) is 1. The number of hydrogen-bond donors (Lipinski definition) is 0. The van der Waals surface area contributed by atoms with Gasteiger partial charge in [0.1, 0.15) is 16.7 Å². The molecule has 0 saturated heterocycles. The summed E-state index contributed by atoms with van der Waals surface area (Å²) in [4.78, 5) is 32.3. The van der Waals surface area contributed by atoms with Gasteiger partial charge in [0.05, 0.1) is 11.2 Å². The van der Waals surface area contributed by atoms with Crippen molar-refractivity contribution in [3.05, 3.63) is 83.1 Å². The van der Waals surface area contributed by atoms with E-state index < -0.39 is 5.54 Å². The van der Waals surface area contributed by atoms with Gasteiger partial charge in [0, 0.05) is 17.8 Å². The number of carbonyl (C=O) groups is 2. The van der Waals surface area contributed by atoms with Crippen LogP contribution < -0.4 is 9.64 Å². The Morgan fingerprint density at radius 2 is 1.75 bits per heavy atom. The summed E-state index contributed by atoms with van der Waals surface area (Å²) in [5.74, 6) is 1.06. The van der Waals surface area contributed by atoms with Gasteiger partial charge < -0.3 is 4.74 Å². The van der Waals surface area contributed by atoms with Crippen LogP contribution in [0.1, 0.15) is 25.1 Å². The number of carbonyl (C=O) groups excluding carboxylic acids is 2. The first-order chi connectivity index (χ1) is 15.2. The van der Waals surface area contributed by atoms with Gasteiger partial charge >= 0.3 is 0 Å². The predicted octanol–water partition coefficient (Wildman–Crippen LogP) is 5.24. The van der Waals surface area contributed by atoms with Crippen LogP contribution in [0.3, 0.4) is 0 Å². The number of aromatic nitrogens is 1. The van der Waals surface area contributed by atoms with Crippen molar-refractivity contribution in [3.63, 3.8) is 0 Å². The lowest BCUT2D eigenvalue weighted by Gasteiger charge is -2.36. The van der Waals surface area contributed by atoms with Crippen molar-refractivity contribution in [2.24, 2.45) is 0 Å². The number of para-hydroxylation sites is 2. The zero-order valence-corrected chi connectivity index (χ0v) is 19.3. The molecule has 6 nitrogen and oxygen atoms in total. The van der Waals surface area contributed by atoms with Crippen molar-refractivity contribution in [3.8, 4) is 11.5 Å². The fourth-order valence-corrected chi connectivity index (χ4v) is 3.48. The number of hydrogen-bond acceptors (Lipinski definition) is 5. The van der Waals surface area contributed by atoms with Gasteiger partial charge in [0.25, 0.3) is 5.91 Å². The standard InChI is InChI=1S/C25H26ClN3O3/c1-18-14-20(15-23(26)27-18)29(17-30)24(31)25(2,3)28(4)16-19-10-8-9-13-22(19)32-21-11-6-5-7-12-21/h5-15,17H,16H2,1-4H3. The lowest BCUT2D eigenvalue weighted by Crippen LogP contribution is -2.54. The molecular weight excluding hydrogens is 426 g/mol. The highest BCUT2D eigenvalue weighted by Gasteiger charge is 2.37. The molecular formula is C25H26ClN3O3. The Kier molecular flexibility index (Phi) is 7.28. The lowest BCUT2D eigenvalue weighted by molar-refractivity contribution is -0.130. The molecule has 0 N–H and O–H groups in total. The molecule has 32 heavy (non-hydrogen) atoms. The number of pyridine rings is 1. The fourth-order valence-electron chi connectivity index (χ4n) is 3.24. The zero-order valence-electron chi connectivity index (χ0n) is 18.6. The molecule has 7 heteroatoms. The van der Waals surface area contributed by atoms with E-state index in [1.165, 1.54) is 6.07 Å². The predicted molar refractivity (Wildman–Crippen MR) is 126 cm³/mol. The molecule has 0 bridgehead atoms. The molecule has 0 radical (unpaired) electrons. The first-order valence-corrected chi connectivity index (χ1v) is 10.6. The molecule has 0 aliphatic rings. The normalized spacial score (nSPS) is 11.3. The Bertz CT molecular complexity index is 1080. The number of aryl methyl sites for hydroxylation is 1. The quantitative estimate of drug-likeness (QED) is 0.346. The van der Waals surface area contributed by atoms with E-state index >= 15 is 0 Å². The van der Waals surface area contributed by atoms with Crippen LogP contribution in [-0.2, 0) is 16.1 Å². The van der Waals surface area contributed by atoms with Gasteiger partial charge in [0.15, 0.2) is 0 Å². The maximum atomic E-state index is 13.4. The highest BCUT2D eigenvalue weighted by atomic mass is 35.5. The molecule has 3 rings (SSSR count). The summed E-state index contributed by atoms with van der Waals surface area (Å²) in [6, 6.07) is 20.4. The Balaban J connectivity index is 1.83. The Labute approximate surface area is 193 Å². The smallest absolute Gasteiger partial charge is 0.253 e. The summed E-state index contributed by atoms with van der Waals surface area (Å²) in [5, 5.41) is 0.220. The highest BCUT2D eigenvalue weighted by molar-refractivity contribution is 6.30. The van der Waals surface area contributed by atoms with E-state index in [4.69, 9.17) is 16.3 Å². The van der Waals surface area contributed by atoms with Crippen molar-refractivity contribution in [1.29, 1.82) is 0 Å². The van der Waals surface area contributed by atoms with Crippen LogP contribution in [0.4, 0.5) is 5.69 Å². The lowest BCUT2D eigenvalue weighted by atomic mass is 9.99. The molecule has 166 valence electrons. The molecule has 0 atom stereocenters. The molecule has 0 saturated carbocycles. The molecule has 1 heterocycles. The van der Waals surface area contributed by atoms with Gasteiger partial charge in [-0.15, -0.1) is 0 Å².